The summed E-state index contributed by atoms with van der Waals surface area (Å²) in [6.45, 7) is 1.30. The monoisotopic (exact) mass is 590 g/mol. The molecule has 5 aromatic rings. The second kappa shape index (κ2) is 11.1. The van der Waals surface area contributed by atoms with Gasteiger partial charge in [0.15, 0.2) is 11.3 Å². The third-order valence-electron chi connectivity index (χ3n) is 7.69. The molecule has 0 bridgehead atoms. The molecule has 1 aliphatic carbocycles. The molecule has 0 unspecified atom stereocenters. The second-order valence-corrected chi connectivity index (χ2v) is 10.9. The van der Waals surface area contributed by atoms with Crippen LogP contribution in [0.1, 0.15) is 45.8 Å². The van der Waals surface area contributed by atoms with Gasteiger partial charge in [0.1, 0.15) is 35.4 Å². The van der Waals surface area contributed by atoms with Crippen LogP contribution in [0.5, 0.6) is 5.88 Å². The summed E-state index contributed by atoms with van der Waals surface area (Å²) in [7, 11) is 0. The molecule has 1 fully saturated rings. The fourth-order valence-corrected chi connectivity index (χ4v) is 4.97. The van der Waals surface area contributed by atoms with Crippen LogP contribution in [0.25, 0.3) is 22.4 Å². The molecule has 6 rings (SSSR count). The Labute approximate surface area is 243 Å². The van der Waals surface area contributed by atoms with Gasteiger partial charge in [0, 0.05) is 35.6 Å². The first kappa shape index (κ1) is 28.3. The molecule has 43 heavy (non-hydrogen) atoms. The zero-order chi connectivity index (χ0) is 30.3. The number of aromatic carboxylic acids is 1. The van der Waals surface area contributed by atoms with E-state index in [4.69, 9.17) is 4.74 Å². The predicted molar refractivity (Wildman–Crippen MR) is 150 cm³/mol. The Morgan fingerprint density at radius 2 is 1.74 bits per heavy atom. The van der Waals surface area contributed by atoms with E-state index < -0.39 is 35.5 Å². The molecule has 0 aliphatic heterocycles. The van der Waals surface area contributed by atoms with Gasteiger partial charge in [0.25, 0.3) is 0 Å². The molecule has 0 spiro atoms. The molecule has 1 saturated carbocycles. The van der Waals surface area contributed by atoms with Gasteiger partial charge < -0.3 is 14.4 Å². The number of nitrogens with zero attached hydrogens (tertiary/aromatic N) is 4. The molecule has 0 amide bonds. The highest BCUT2D eigenvalue weighted by molar-refractivity contribution is 5.88. The molecule has 2 aromatic carbocycles. The SMILES string of the molecule is Cc1ccc(COc2cccc(-c3cc(F)c(Cc4nc5ccc(C(=O)O)nc5n4CC4(CF)CC4)cc3F)n2)c(F)c1. The Balaban J connectivity index is 1.28. The second-order valence-electron chi connectivity index (χ2n) is 10.9. The Morgan fingerprint density at radius 1 is 0.953 bits per heavy atom. The summed E-state index contributed by atoms with van der Waals surface area (Å²) in [5.41, 5.74) is 0.954. The summed E-state index contributed by atoms with van der Waals surface area (Å²) in [4.78, 5) is 24.5. The van der Waals surface area contributed by atoms with Gasteiger partial charge in [-0.2, -0.15) is 0 Å². The molecule has 1 aliphatic rings. The number of carboxylic acids is 1. The van der Waals surface area contributed by atoms with Gasteiger partial charge in [-0.15, -0.1) is 0 Å². The van der Waals surface area contributed by atoms with Crippen LogP contribution in [0, 0.1) is 29.8 Å². The minimum absolute atomic E-state index is 0.00334. The molecular formula is C32H26F4N4O3. The lowest BCUT2D eigenvalue weighted by Gasteiger charge is -2.15. The molecule has 3 heterocycles. The minimum atomic E-state index is -1.23. The van der Waals surface area contributed by atoms with Crippen LogP contribution < -0.4 is 4.74 Å². The van der Waals surface area contributed by atoms with Crippen molar-refractivity contribution in [3.63, 3.8) is 0 Å². The molecule has 1 N–H and O–H groups in total. The Morgan fingerprint density at radius 3 is 2.47 bits per heavy atom. The number of ether oxygens (including phenoxy) is 1. The summed E-state index contributed by atoms with van der Waals surface area (Å²) in [6.07, 6.45) is 1.16. The van der Waals surface area contributed by atoms with Gasteiger partial charge in [0.05, 0.1) is 12.4 Å². The van der Waals surface area contributed by atoms with E-state index >= 15 is 8.78 Å². The van der Waals surface area contributed by atoms with Crippen LogP contribution in [0.4, 0.5) is 17.6 Å². The number of imidazole rings is 1. The fourth-order valence-electron chi connectivity index (χ4n) is 4.97. The summed E-state index contributed by atoms with van der Waals surface area (Å²) in [5, 5.41) is 9.40. The number of carboxylic acid groups (broad SMARTS) is 1. The van der Waals surface area contributed by atoms with Gasteiger partial charge in [-0.1, -0.05) is 18.2 Å². The lowest BCUT2D eigenvalue weighted by molar-refractivity contribution is 0.0690. The Hall–Kier alpha value is -4.80. The standard InChI is InChI=1S/C32H26F4N4O3/c1-18-5-6-19(22(34)11-18)15-43-29-4-2-3-25(38-29)21-14-23(35)20(12-24(21)36)13-28-37-26-7-8-27(31(41)42)39-30(26)40(28)17-32(16-33)9-10-32/h2-8,11-12,14H,9-10,13,15-17H2,1H3,(H,41,42). The van der Waals surface area contributed by atoms with E-state index in [1.165, 1.54) is 30.3 Å². The summed E-state index contributed by atoms with van der Waals surface area (Å²) < 4.78 is 66.1. The number of alkyl halides is 1. The third-order valence-corrected chi connectivity index (χ3v) is 7.69. The number of rotatable bonds is 10. The smallest absolute Gasteiger partial charge is 0.354 e. The van der Waals surface area contributed by atoms with Gasteiger partial charge in [-0.25, -0.2) is 32.9 Å². The first-order chi connectivity index (χ1) is 20.6. The summed E-state index contributed by atoms with van der Waals surface area (Å²) in [5.74, 6) is -2.66. The van der Waals surface area contributed by atoms with Gasteiger partial charge >= 0.3 is 5.97 Å². The molecule has 220 valence electrons. The Kier molecular flexibility index (Phi) is 7.33. The van der Waals surface area contributed by atoms with E-state index in [1.54, 1.807) is 29.7 Å². The van der Waals surface area contributed by atoms with Crippen molar-refractivity contribution in [1.29, 1.82) is 0 Å². The van der Waals surface area contributed by atoms with E-state index in [-0.39, 0.29) is 53.6 Å². The topological polar surface area (TPSA) is 90.1 Å². The van der Waals surface area contributed by atoms with E-state index in [1.807, 2.05) is 0 Å². The lowest BCUT2D eigenvalue weighted by Crippen LogP contribution is -2.17. The van der Waals surface area contributed by atoms with E-state index in [9.17, 15) is 18.7 Å². The average Bonchev–Trinajstić information content (AvgIpc) is 3.69. The van der Waals surface area contributed by atoms with Crippen LogP contribution >= 0.6 is 0 Å². The average molecular weight is 591 g/mol. The number of pyridine rings is 2. The third kappa shape index (κ3) is 5.79. The molecule has 0 atom stereocenters. The molecule has 3 aromatic heterocycles. The number of halogens is 4. The number of hydrogen-bond acceptors (Lipinski definition) is 5. The fraction of sp³-hybridized carbons (Fsp3) is 0.250. The largest absolute Gasteiger partial charge is 0.477 e. The molecule has 7 nitrogen and oxygen atoms in total. The number of hydrogen-bond donors (Lipinski definition) is 1. The number of aromatic nitrogens is 4. The molecule has 0 radical (unpaired) electrons. The zero-order valence-corrected chi connectivity index (χ0v) is 23.1. The van der Waals surface area contributed by atoms with Crippen molar-refractivity contribution in [2.24, 2.45) is 5.41 Å². The Bertz CT molecular complexity index is 1870. The van der Waals surface area contributed by atoms with Crippen molar-refractivity contribution in [1.82, 2.24) is 19.5 Å². The molecule has 11 heteroatoms. The van der Waals surface area contributed by atoms with Crippen molar-refractivity contribution in [3.8, 4) is 17.1 Å². The highest BCUT2D eigenvalue weighted by Gasteiger charge is 2.44. The van der Waals surface area contributed by atoms with Gasteiger partial charge in [0.2, 0.25) is 5.88 Å². The van der Waals surface area contributed by atoms with E-state index in [0.29, 0.717) is 29.7 Å². The normalized spacial score (nSPS) is 13.8. The van der Waals surface area contributed by atoms with Crippen molar-refractivity contribution >= 4 is 17.1 Å². The number of benzene rings is 2. The lowest BCUT2D eigenvalue weighted by atomic mass is 10.0. The van der Waals surface area contributed by atoms with E-state index in [0.717, 1.165) is 17.7 Å². The number of fused-ring (bicyclic) bond motifs is 1. The van der Waals surface area contributed by atoms with Crippen molar-refractivity contribution in [2.45, 2.75) is 39.3 Å². The summed E-state index contributed by atoms with van der Waals surface area (Å²) >= 11 is 0. The highest BCUT2D eigenvalue weighted by atomic mass is 19.1. The highest BCUT2D eigenvalue weighted by Crippen LogP contribution is 2.48. The minimum Gasteiger partial charge on any atom is -0.477 e. The van der Waals surface area contributed by atoms with Crippen LogP contribution in [-0.4, -0.2) is 37.3 Å². The van der Waals surface area contributed by atoms with Crippen LogP contribution in [0.3, 0.4) is 0 Å². The van der Waals surface area contributed by atoms with Crippen LogP contribution in [0.2, 0.25) is 0 Å². The first-order valence-electron chi connectivity index (χ1n) is 13.6. The van der Waals surface area contributed by atoms with E-state index in [2.05, 4.69) is 15.0 Å². The number of aryl methyl sites for hydroxylation is 1. The maximum Gasteiger partial charge on any atom is 0.354 e. The summed E-state index contributed by atoms with van der Waals surface area (Å²) in [6, 6.07) is 14.3. The maximum absolute atomic E-state index is 15.5. The predicted octanol–water partition coefficient (Wildman–Crippen LogP) is 6.84. The van der Waals surface area contributed by atoms with Gasteiger partial charge in [-0.3, -0.25) is 4.39 Å². The molecular weight excluding hydrogens is 564 g/mol. The quantitative estimate of drug-likeness (QED) is 0.179. The van der Waals surface area contributed by atoms with Crippen molar-refractivity contribution in [2.75, 3.05) is 6.67 Å². The van der Waals surface area contributed by atoms with Crippen molar-refractivity contribution < 1.29 is 32.2 Å². The first-order valence-corrected chi connectivity index (χ1v) is 13.6. The molecule has 0 saturated heterocycles. The van der Waals surface area contributed by atoms with Crippen LogP contribution in [0.15, 0.2) is 60.7 Å². The zero-order valence-electron chi connectivity index (χ0n) is 23.1. The number of carbonyl (C=O) groups is 1. The van der Waals surface area contributed by atoms with Gasteiger partial charge in [-0.05, 0) is 67.3 Å². The maximum atomic E-state index is 15.5. The van der Waals surface area contributed by atoms with Crippen LogP contribution in [-0.2, 0) is 19.6 Å². The van der Waals surface area contributed by atoms with Crippen molar-refractivity contribution in [3.05, 3.63) is 106 Å².